The molecular formula is C19H16F2N6O2S. The molecule has 0 spiro atoms. The van der Waals surface area contributed by atoms with E-state index in [2.05, 4.69) is 20.6 Å². The molecule has 0 saturated heterocycles. The first-order chi connectivity index (χ1) is 14.1. The molecule has 30 heavy (non-hydrogen) atoms. The molecule has 1 amide bonds. The van der Waals surface area contributed by atoms with E-state index in [1.807, 2.05) is 0 Å². The zero-order valence-electron chi connectivity index (χ0n) is 15.8. The summed E-state index contributed by atoms with van der Waals surface area (Å²) in [5.41, 5.74) is 4.41. The van der Waals surface area contributed by atoms with Crippen molar-refractivity contribution in [1.29, 1.82) is 0 Å². The molecule has 0 aliphatic heterocycles. The molecule has 0 unspecified atom stereocenters. The molecule has 0 saturated carbocycles. The van der Waals surface area contributed by atoms with E-state index in [-0.39, 0.29) is 26.6 Å². The Morgan fingerprint density at radius 1 is 1.23 bits per heavy atom. The predicted octanol–water partition coefficient (Wildman–Crippen LogP) is 3.20. The molecule has 154 valence electrons. The summed E-state index contributed by atoms with van der Waals surface area (Å²) in [6, 6.07) is 6.73. The Balaban J connectivity index is 1.77. The van der Waals surface area contributed by atoms with Crippen LogP contribution in [-0.2, 0) is 5.60 Å². The van der Waals surface area contributed by atoms with E-state index < -0.39 is 23.1 Å². The summed E-state index contributed by atoms with van der Waals surface area (Å²) in [6.45, 7) is 2.86. The number of halogens is 2. The number of hydrogen-bond acceptors (Lipinski definition) is 7. The van der Waals surface area contributed by atoms with Crippen molar-refractivity contribution in [3.05, 3.63) is 59.4 Å². The van der Waals surface area contributed by atoms with Crippen molar-refractivity contribution in [1.82, 2.24) is 19.8 Å². The van der Waals surface area contributed by atoms with Crippen LogP contribution in [0.4, 0.5) is 19.6 Å². The third kappa shape index (κ3) is 3.60. The van der Waals surface area contributed by atoms with Crippen molar-refractivity contribution in [2.24, 2.45) is 5.73 Å². The standard InChI is InChI=1S/C19H16F2N6O2S/c1-19(2,29)9-5-11(20)16(12(21)6-9)13-7-10(17(22)28)18(30-13)24-14-3-4-15-25-23-8-27(15)26-14/h3-8,29H,1-2H3,(H2,22,28)(H,24,26). The number of hydrogen-bond donors (Lipinski definition) is 3. The molecule has 4 N–H and O–H groups in total. The highest BCUT2D eigenvalue weighted by Gasteiger charge is 2.24. The first-order valence-corrected chi connectivity index (χ1v) is 9.55. The number of amides is 1. The van der Waals surface area contributed by atoms with E-state index in [1.165, 1.54) is 30.8 Å². The number of nitrogens with zero attached hydrogens (tertiary/aromatic N) is 4. The molecule has 4 aromatic rings. The number of aliphatic hydroxyl groups is 1. The van der Waals surface area contributed by atoms with Crippen LogP contribution in [0.1, 0.15) is 29.8 Å². The SMILES string of the molecule is CC(C)(O)c1cc(F)c(-c2cc(C(N)=O)c(Nc3ccc4nncn4n3)s2)c(F)c1. The molecule has 0 bridgehead atoms. The number of thiophene rings is 1. The minimum absolute atomic E-state index is 0.0611. The normalized spacial score (nSPS) is 11.8. The Morgan fingerprint density at radius 3 is 2.57 bits per heavy atom. The Bertz CT molecular complexity index is 1250. The highest BCUT2D eigenvalue weighted by atomic mass is 32.1. The monoisotopic (exact) mass is 430 g/mol. The first-order valence-electron chi connectivity index (χ1n) is 8.73. The van der Waals surface area contributed by atoms with Crippen molar-refractivity contribution in [3.63, 3.8) is 0 Å². The molecule has 0 aliphatic carbocycles. The van der Waals surface area contributed by atoms with Gasteiger partial charge in [0.2, 0.25) is 0 Å². The van der Waals surface area contributed by atoms with Crippen LogP contribution in [0.25, 0.3) is 16.1 Å². The summed E-state index contributed by atoms with van der Waals surface area (Å²) in [5.74, 6) is -2.13. The number of benzene rings is 1. The van der Waals surface area contributed by atoms with Gasteiger partial charge in [-0.3, -0.25) is 4.79 Å². The van der Waals surface area contributed by atoms with Gasteiger partial charge >= 0.3 is 0 Å². The van der Waals surface area contributed by atoms with Crippen LogP contribution in [0.15, 0.2) is 36.7 Å². The van der Waals surface area contributed by atoms with Crippen LogP contribution >= 0.6 is 11.3 Å². The minimum atomic E-state index is -1.41. The van der Waals surface area contributed by atoms with Gasteiger partial charge in [-0.1, -0.05) is 0 Å². The number of fused-ring (bicyclic) bond motifs is 1. The van der Waals surface area contributed by atoms with E-state index in [1.54, 1.807) is 12.1 Å². The number of carbonyl (C=O) groups excluding carboxylic acids is 1. The summed E-state index contributed by atoms with van der Waals surface area (Å²) in [6.07, 6.45) is 1.41. The van der Waals surface area contributed by atoms with Gasteiger partial charge in [-0.25, -0.2) is 8.78 Å². The van der Waals surface area contributed by atoms with Crippen LogP contribution < -0.4 is 11.1 Å². The number of rotatable bonds is 5. The Kier molecular flexibility index (Phi) is 4.71. The molecule has 1 aromatic carbocycles. The van der Waals surface area contributed by atoms with Gasteiger partial charge < -0.3 is 16.2 Å². The molecule has 0 aliphatic rings. The Labute approximate surface area is 173 Å². The zero-order valence-corrected chi connectivity index (χ0v) is 16.7. The molecule has 0 fully saturated rings. The maximum absolute atomic E-state index is 14.7. The van der Waals surface area contributed by atoms with Gasteiger partial charge in [0.05, 0.1) is 16.7 Å². The van der Waals surface area contributed by atoms with Crippen molar-refractivity contribution < 1.29 is 18.7 Å². The lowest BCUT2D eigenvalue weighted by Crippen LogP contribution is -2.16. The quantitative estimate of drug-likeness (QED) is 0.447. The van der Waals surface area contributed by atoms with E-state index in [4.69, 9.17) is 5.73 Å². The van der Waals surface area contributed by atoms with Crippen LogP contribution in [0.3, 0.4) is 0 Å². The average Bonchev–Trinajstić information content (AvgIpc) is 3.27. The fraction of sp³-hybridized carbons (Fsp3) is 0.158. The van der Waals surface area contributed by atoms with Gasteiger partial charge in [0.15, 0.2) is 11.5 Å². The van der Waals surface area contributed by atoms with Gasteiger partial charge in [-0.05, 0) is 49.7 Å². The zero-order chi connectivity index (χ0) is 21.6. The fourth-order valence-electron chi connectivity index (χ4n) is 2.86. The molecule has 3 aromatic heterocycles. The summed E-state index contributed by atoms with van der Waals surface area (Å²) >= 11 is 0.950. The maximum atomic E-state index is 14.7. The lowest BCUT2D eigenvalue weighted by molar-refractivity contribution is 0.0778. The lowest BCUT2D eigenvalue weighted by atomic mass is 9.96. The second-order valence-corrected chi connectivity index (χ2v) is 8.12. The van der Waals surface area contributed by atoms with E-state index >= 15 is 0 Å². The van der Waals surface area contributed by atoms with Crippen molar-refractivity contribution in [2.75, 3.05) is 5.32 Å². The summed E-state index contributed by atoms with van der Waals surface area (Å²) in [5, 5.41) is 25.1. The molecule has 8 nitrogen and oxygen atoms in total. The molecular weight excluding hydrogens is 414 g/mol. The van der Waals surface area contributed by atoms with Crippen LogP contribution in [0, 0.1) is 11.6 Å². The number of nitrogens with one attached hydrogen (secondary N) is 1. The molecule has 0 atom stereocenters. The largest absolute Gasteiger partial charge is 0.386 e. The van der Waals surface area contributed by atoms with Crippen molar-refractivity contribution in [2.45, 2.75) is 19.4 Å². The van der Waals surface area contributed by atoms with E-state index in [9.17, 15) is 18.7 Å². The smallest absolute Gasteiger partial charge is 0.251 e. The number of anilines is 2. The van der Waals surface area contributed by atoms with Gasteiger partial charge in [-0.2, -0.15) is 4.52 Å². The second kappa shape index (κ2) is 7.11. The third-order valence-electron chi connectivity index (χ3n) is 4.40. The average molecular weight is 430 g/mol. The number of nitrogens with two attached hydrogens (primary N) is 1. The summed E-state index contributed by atoms with van der Waals surface area (Å²) in [4.78, 5) is 12.1. The van der Waals surface area contributed by atoms with Crippen molar-refractivity contribution in [3.8, 4) is 10.4 Å². The summed E-state index contributed by atoms with van der Waals surface area (Å²) in [7, 11) is 0. The third-order valence-corrected chi connectivity index (χ3v) is 5.46. The highest BCUT2D eigenvalue weighted by Crippen LogP contribution is 2.40. The van der Waals surface area contributed by atoms with Gasteiger partial charge in [0, 0.05) is 4.88 Å². The van der Waals surface area contributed by atoms with Crippen LogP contribution in [0.2, 0.25) is 0 Å². The Morgan fingerprint density at radius 2 is 1.93 bits per heavy atom. The highest BCUT2D eigenvalue weighted by molar-refractivity contribution is 7.20. The number of primary amides is 1. The molecule has 11 heteroatoms. The topological polar surface area (TPSA) is 118 Å². The van der Waals surface area contributed by atoms with Gasteiger partial charge in [-0.15, -0.1) is 26.6 Å². The second-order valence-electron chi connectivity index (χ2n) is 7.07. The Hall–Kier alpha value is -3.44. The van der Waals surface area contributed by atoms with Crippen LogP contribution in [-0.4, -0.2) is 30.8 Å². The lowest BCUT2D eigenvalue weighted by Gasteiger charge is -2.18. The number of aromatic nitrogens is 4. The van der Waals surface area contributed by atoms with Crippen molar-refractivity contribution >= 4 is 33.7 Å². The minimum Gasteiger partial charge on any atom is -0.386 e. The maximum Gasteiger partial charge on any atom is 0.251 e. The first kappa shape index (κ1) is 19.9. The predicted molar refractivity (Wildman–Crippen MR) is 107 cm³/mol. The molecule has 3 heterocycles. The fourth-order valence-corrected chi connectivity index (χ4v) is 3.98. The van der Waals surface area contributed by atoms with E-state index in [0.29, 0.717) is 11.5 Å². The van der Waals surface area contributed by atoms with Gasteiger partial charge in [0.1, 0.15) is 23.0 Å². The van der Waals surface area contributed by atoms with E-state index in [0.717, 1.165) is 23.5 Å². The van der Waals surface area contributed by atoms with Gasteiger partial charge in [0.25, 0.3) is 5.91 Å². The molecule has 0 radical (unpaired) electrons. The number of carbonyl (C=O) groups is 1. The van der Waals surface area contributed by atoms with Crippen LogP contribution in [0.5, 0.6) is 0 Å². The summed E-state index contributed by atoms with van der Waals surface area (Å²) < 4.78 is 30.9. The molecule has 4 rings (SSSR count).